The van der Waals surface area contributed by atoms with Crippen molar-refractivity contribution >= 4 is 28.2 Å². The first-order valence-electron chi connectivity index (χ1n) is 9.18. The van der Waals surface area contributed by atoms with Crippen molar-refractivity contribution in [3.05, 3.63) is 34.3 Å². The van der Waals surface area contributed by atoms with Gasteiger partial charge >= 0.3 is 0 Å². The molecule has 0 radical (unpaired) electrons. The number of aromatic nitrogens is 2. The molecule has 6 nitrogen and oxygen atoms in total. The third kappa shape index (κ3) is 2.12. The Bertz CT molecular complexity index is 1100. The highest BCUT2D eigenvalue weighted by molar-refractivity contribution is 6.03. The molecular formula is C15H15N3O3. The summed E-state index contributed by atoms with van der Waals surface area (Å²) >= 11 is 0. The van der Waals surface area contributed by atoms with Gasteiger partial charge in [-0.2, -0.15) is 0 Å². The minimum Gasteiger partial charge on any atom is -0.398 e. The predicted molar refractivity (Wildman–Crippen MR) is 78.1 cm³/mol. The SMILES string of the molecule is [2H]c1c([2H])c(N)c2c(=O)n(C3([2H])CC([2H])([2H])C(=O)CC3=O)c(C)nc2c1[2H]. The standard InChI is InChI=1S/C15H15N3O3/c1-8-17-11-4-2-3-10(16)14(11)15(21)18(8)12-6-5-9(19)7-13(12)20/h2-4,12H,5-7,16H2,1H3/i2D,3D,4D,5D2,12D. The molecule has 0 spiro atoms. The van der Waals surface area contributed by atoms with Gasteiger partial charge in [0, 0.05) is 14.8 Å². The van der Waals surface area contributed by atoms with E-state index in [9.17, 15) is 14.4 Å². The maximum Gasteiger partial charge on any atom is 0.264 e. The topological polar surface area (TPSA) is 95.0 Å². The summed E-state index contributed by atoms with van der Waals surface area (Å²) in [5.74, 6) is -2.08. The monoisotopic (exact) mass is 291 g/mol. The van der Waals surface area contributed by atoms with E-state index in [1.165, 1.54) is 6.92 Å². The molecule has 2 aromatic rings. The first-order chi connectivity index (χ1) is 12.3. The van der Waals surface area contributed by atoms with Crippen LogP contribution >= 0.6 is 0 Å². The lowest BCUT2D eigenvalue weighted by molar-refractivity contribution is -0.132. The Labute approximate surface area is 129 Å². The summed E-state index contributed by atoms with van der Waals surface area (Å²) in [5, 5.41) is -0.386. The van der Waals surface area contributed by atoms with Gasteiger partial charge in [0.2, 0.25) is 0 Å². The van der Waals surface area contributed by atoms with E-state index in [2.05, 4.69) is 4.98 Å². The summed E-state index contributed by atoms with van der Waals surface area (Å²) in [6.07, 6.45) is -4.19. The Hall–Kier alpha value is -2.50. The van der Waals surface area contributed by atoms with Crippen LogP contribution < -0.4 is 11.3 Å². The van der Waals surface area contributed by atoms with Crippen LogP contribution in [0.4, 0.5) is 5.69 Å². The number of hydrogen-bond acceptors (Lipinski definition) is 5. The van der Waals surface area contributed by atoms with E-state index >= 15 is 0 Å². The molecule has 1 atom stereocenters. The zero-order valence-electron chi connectivity index (χ0n) is 17.1. The van der Waals surface area contributed by atoms with Crippen molar-refractivity contribution in [3.8, 4) is 0 Å². The molecule has 1 heterocycles. The van der Waals surface area contributed by atoms with E-state index in [1.54, 1.807) is 0 Å². The molecule has 0 bridgehead atoms. The summed E-state index contributed by atoms with van der Waals surface area (Å²) in [4.78, 5) is 41.3. The summed E-state index contributed by atoms with van der Waals surface area (Å²) in [6.45, 7) is 1.30. The van der Waals surface area contributed by atoms with E-state index in [0.29, 0.717) is 4.57 Å². The van der Waals surface area contributed by atoms with Gasteiger partial charge in [0.25, 0.3) is 5.56 Å². The molecule has 2 N–H and O–H groups in total. The average molecular weight is 291 g/mol. The van der Waals surface area contributed by atoms with Gasteiger partial charge in [0.05, 0.1) is 28.8 Å². The van der Waals surface area contributed by atoms with Crippen molar-refractivity contribution in [1.29, 1.82) is 0 Å². The Kier molecular flexibility index (Phi) is 1.84. The Morgan fingerprint density at radius 2 is 2.24 bits per heavy atom. The fraction of sp³-hybridized carbons (Fsp3) is 0.333. The molecular weight excluding hydrogens is 270 g/mol. The van der Waals surface area contributed by atoms with Crippen LogP contribution in [0, 0.1) is 6.92 Å². The quantitative estimate of drug-likeness (QED) is 0.628. The molecule has 3 rings (SSSR count). The molecule has 0 saturated heterocycles. The molecule has 6 heteroatoms. The highest BCUT2D eigenvalue weighted by atomic mass is 16.2. The molecule has 0 aliphatic heterocycles. The van der Waals surface area contributed by atoms with Gasteiger partial charge in [-0.15, -0.1) is 0 Å². The summed E-state index contributed by atoms with van der Waals surface area (Å²) in [7, 11) is 0. The van der Waals surface area contributed by atoms with Crippen LogP contribution in [0.15, 0.2) is 22.9 Å². The lowest BCUT2D eigenvalue weighted by Gasteiger charge is -2.24. The Morgan fingerprint density at radius 1 is 1.48 bits per heavy atom. The number of aryl methyl sites for hydroxylation is 1. The van der Waals surface area contributed by atoms with Gasteiger partial charge in [-0.1, -0.05) is 6.04 Å². The predicted octanol–water partition coefficient (Wildman–Crippen LogP) is 1.15. The van der Waals surface area contributed by atoms with Crippen LogP contribution in [0.3, 0.4) is 0 Å². The number of nitrogens with zero attached hydrogens (tertiary/aromatic N) is 2. The fourth-order valence-electron chi connectivity index (χ4n) is 2.29. The second kappa shape index (κ2) is 4.80. The van der Waals surface area contributed by atoms with E-state index in [4.69, 9.17) is 14.0 Å². The molecule has 1 aliphatic carbocycles. The van der Waals surface area contributed by atoms with E-state index < -0.39 is 66.2 Å². The maximum atomic E-state index is 13.1. The van der Waals surface area contributed by atoms with Crippen molar-refractivity contribution in [3.63, 3.8) is 0 Å². The highest BCUT2D eigenvalue weighted by Crippen LogP contribution is 2.24. The number of nitrogens with two attached hydrogens (primary N) is 1. The van der Waals surface area contributed by atoms with Gasteiger partial charge in [-0.25, -0.2) is 4.98 Å². The number of carbonyl (C=O) groups excluding carboxylic acids is 2. The first kappa shape index (κ1) is 8.07. The Balaban J connectivity index is 2.42. The van der Waals surface area contributed by atoms with Crippen LogP contribution in [-0.2, 0) is 9.59 Å². The van der Waals surface area contributed by atoms with E-state index in [1.807, 2.05) is 0 Å². The number of nitrogen functional groups attached to an aromatic ring is 1. The number of carbonyl (C=O) groups is 2. The number of Topliss-reactive ketones (excluding diaryl/α,β-unsaturated/α-hetero) is 2. The van der Waals surface area contributed by atoms with Gasteiger partial charge in [0.15, 0.2) is 5.78 Å². The second-order valence-corrected chi connectivity index (χ2v) is 4.64. The number of hydrogen-bond donors (Lipinski definition) is 1. The number of anilines is 1. The van der Waals surface area contributed by atoms with Crippen LogP contribution in [0.2, 0.25) is 0 Å². The molecule has 0 amide bonds. The van der Waals surface area contributed by atoms with Crippen molar-refractivity contribution < 1.29 is 17.8 Å². The average Bonchev–Trinajstić information content (AvgIpc) is 2.55. The normalized spacial score (nSPS) is 29.2. The molecule has 1 aliphatic rings. The molecule has 1 aromatic carbocycles. The zero-order chi connectivity index (χ0) is 20.5. The lowest BCUT2D eigenvalue weighted by atomic mass is 9.92. The molecule has 1 unspecified atom stereocenters. The lowest BCUT2D eigenvalue weighted by Crippen LogP contribution is -2.36. The van der Waals surface area contributed by atoms with Gasteiger partial charge in [-0.05, 0) is 25.4 Å². The third-order valence-corrected chi connectivity index (χ3v) is 3.26. The fourth-order valence-corrected chi connectivity index (χ4v) is 2.29. The largest absolute Gasteiger partial charge is 0.398 e. The van der Waals surface area contributed by atoms with E-state index in [-0.39, 0.29) is 16.7 Å². The number of rotatable bonds is 1. The minimum absolute atomic E-state index is 0.161. The van der Waals surface area contributed by atoms with E-state index in [0.717, 1.165) is 0 Å². The summed E-state index contributed by atoms with van der Waals surface area (Å²) < 4.78 is 48.1. The third-order valence-electron chi connectivity index (χ3n) is 3.26. The van der Waals surface area contributed by atoms with Crippen LogP contribution in [0.1, 0.15) is 39.3 Å². The van der Waals surface area contributed by atoms with Gasteiger partial charge < -0.3 is 5.73 Å². The second-order valence-electron chi connectivity index (χ2n) is 4.64. The molecule has 21 heavy (non-hydrogen) atoms. The highest BCUT2D eigenvalue weighted by Gasteiger charge is 2.30. The Morgan fingerprint density at radius 3 is 3.00 bits per heavy atom. The smallest absolute Gasteiger partial charge is 0.264 e. The van der Waals surface area contributed by atoms with Crippen LogP contribution in [0.25, 0.3) is 10.9 Å². The first-order valence-corrected chi connectivity index (χ1v) is 6.18. The summed E-state index contributed by atoms with van der Waals surface area (Å²) in [6, 6.07) is -3.98. The molecule has 1 saturated carbocycles. The molecule has 1 aromatic heterocycles. The van der Waals surface area contributed by atoms with Gasteiger partial charge in [0.1, 0.15) is 11.6 Å². The molecule has 1 fully saturated rings. The number of ketones is 2. The van der Waals surface area contributed by atoms with Crippen molar-refractivity contribution in [2.24, 2.45) is 0 Å². The minimum atomic E-state index is -2.48. The van der Waals surface area contributed by atoms with Crippen molar-refractivity contribution in [1.82, 2.24) is 9.55 Å². The van der Waals surface area contributed by atoms with Crippen molar-refractivity contribution in [2.45, 2.75) is 32.2 Å². The number of benzene rings is 1. The maximum absolute atomic E-state index is 13.1. The molecule has 108 valence electrons. The zero-order valence-corrected chi connectivity index (χ0v) is 11.1. The van der Waals surface area contributed by atoms with Crippen molar-refractivity contribution in [2.75, 3.05) is 5.73 Å². The van der Waals surface area contributed by atoms with Gasteiger partial charge in [-0.3, -0.25) is 19.0 Å². The van der Waals surface area contributed by atoms with Crippen LogP contribution in [-0.4, -0.2) is 21.1 Å². The summed E-state index contributed by atoms with van der Waals surface area (Å²) in [5.41, 5.74) is 4.13. The number of fused-ring (bicyclic) bond motifs is 1. The van der Waals surface area contributed by atoms with Crippen LogP contribution in [0.5, 0.6) is 0 Å².